The fourth-order valence-corrected chi connectivity index (χ4v) is 2.43. The molecular formula is C12H19ClN4O2. The van der Waals surface area contributed by atoms with Crippen molar-refractivity contribution in [2.75, 3.05) is 25.2 Å². The van der Waals surface area contributed by atoms with Crippen molar-refractivity contribution in [1.82, 2.24) is 15.0 Å². The second-order valence-corrected chi connectivity index (χ2v) is 4.88. The summed E-state index contributed by atoms with van der Waals surface area (Å²) < 4.78 is 10.7. The Kier molecular flexibility index (Phi) is 4.76. The standard InChI is InChI=1S/C12H19ClN4O2/c1-4-19-12-15-10(13)14-11(16-12)17-6-5-9(18-3)7-8(17)2/h8-9H,4-7H2,1-3H3. The summed E-state index contributed by atoms with van der Waals surface area (Å²) in [7, 11) is 1.75. The topological polar surface area (TPSA) is 60.4 Å². The highest BCUT2D eigenvalue weighted by molar-refractivity contribution is 6.28. The second kappa shape index (κ2) is 6.34. The maximum absolute atomic E-state index is 5.92. The number of piperidine rings is 1. The van der Waals surface area contributed by atoms with Crippen LogP contribution < -0.4 is 9.64 Å². The van der Waals surface area contributed by atoms with Gasteiger partial charge in [-0.3, -0.25) is 0 Å². The molecule has 1 aliphatic heterocycles. The maximum atomic E-state index is 5.92. The number of hydrogen-bond acceptors (Lipinski definition) is 6. The number of hydrogen-bond donors (Lipinski definition) is 0. The summed E-state index contributed by atoms with van der Waals surface area (Å²) in [5.74, 6) is 0.575. The van der Waals surface area contributed by atoms with Gasteiger partial charge in [-0.25, -0.2) is 0 Å². The van der Waals surface area contributed by atoms with Crippen molar-refractivity contribution in [3.63, 3.8) is 0 Å². The Morgan fingerprint density at radius 1 is 1.37 bits per heavy atom. The molecule has 0 saturated carbocycles. The molecule has 19 heavy (non-hydrogen) atoms. The molecule has 1 aliphatic rings. The Bertz CT molecular complexity index is 432. The molecule has 0 aromatic carbocycles. The third-order valence-corrected chi connectivity index (χ3v) is 3.44. The van der Waals surface area contributed by atoms with E-state index in [1.807, 2.05) is 6.92 Å². The number of nitrogens with zero attached hydrogens (tertiary/aromatic N) is 4. The average Bonchev–Trinajstić information content (AvgIpc) is 2.38. The largest absolute Gasteiger partial charge is 0.464 e. The number of aromatic nitrogens is 3. The number of halogens is 1. The van der Waals surface area contributed by atoms with Crippen molar-refractivity contribution < 1.29 is 9.47 Å². The van der Waals surface area contributed by atoms with Gasteiger partial charge < -0.3 is 14.4 Å². The van der Waals surface area contributed by atoms with E-state index in [9.17, 15) is 0 Å². The number of anilines is 1. The van der Waals surface area contributed by atoms with Crippen LogP contribution in [0.5, 0.6) is 6.01 Å². The predicted molar refractivity (Wildman–Crippen MR) is 72.8 cm³/mol. The minimum absolute atomic E-state index is 0.162. The zero-order chi connectivity index (χ0) is 13.8. The molecular weight excluding hydrogens is 268 g/mol. The molecule has 0 N–H and O–H groups in total. The van der Waals surface area contributed by atoms with E-state index in [-0.39, 0.29) is 11.3 Å². The van der Waals surface area contributed by atoms with Crippen LogP contribution in [0.3, 0.4) is 0 Å². The monoisotopic (exact) mass is 286 g/mol. The van der Waals surface area contributed by atoms with Crippen molar-refractivity contribution >= 4 is 17.5 Å². The van der Waals surface area contributed by atoms with Gasteiger partial charge in [-0.15, -0.1) is 0 Å². The van der Waals surface area contributed by atoms with Gasteiger partial charge in [0.1, 0.15) is 0 Å². The maximum Gasteiger partial charge on any atom is 0.322 e. The normalized spacial score (nSPS) is 23.5. The van der Waals surface area contributed by atoms with Gasteiger partial charge in [-0.1, -0.05) is 0 Å². The number of methoxy groups -OCH3 is 1. The van der Waals surface area contributed by atoms with Crippen molar-refractivity contribution in [3.05, 3.63) is 5.28 Å². The molecule has 0 radical (unpaired) electrons. The van der Waals surface area contributed by atoms with Crippen LogP contribution in [0.15, 0.2) is 0 Å². The van der Waals surface area contributed by atoms with Gasteiger partial charge in [0.2, 0.25) is 11.2 Å². The van der Waals surface area contributed by atoms with Crippen LogP contribution in [0.4, 0.5) is 5.95 Å². The second-order valence-electron chi connectivity index (χ2n) is 4.54. The summed E-state index contributed by atoms with van der Waals surface area (Å²) in [5, 5.41) is 0.162. The molecule has 0 aliphatic carbocycles. The first-order valence-electron chi connectivity index (χ1n) is 6.47. The van der Waals surface area contributed by atoms with E-state index in [4.69, 9.17) is 21.1 Å². The van der Waals surface area contributed by atoms with Crippen molar-refractivity contribution in [2.24, 2.45) is 0 Å². The molecule has 106 valence electrons. The Morgan fingerprint density at radius 3 is 2.79 bits per heavy atom. The summed E-state index contributed by atoms with van der Waals surface area (Å²) in [6.45, 7) is 5.35. The molecule has 2 unspecified atom stereocenters. The fraction of sp³-hybridized carbons (Fsp3) is 0.750. The van der Waals surface area contributed by atoms with E-state index in [1.54, 1.807) is 7.11 Å². The van der Waals surface area contributed by atoms with Gasteiger partial charge in [0, 0.05) is 19.7 Å². The molecule has 2 rings (SSSR count). The summed E-state index contributed by atoms with van der Waals surface area (Å²) in [5.41, 5.74) is 0. The Morgan fingerprint density at radius 2 is 2.16 bits per heavy atom. The number of rotatable bonds is 4. The lowest BCUT2D eigenvalue weighted by molar-refractivity contribution is 0.0717. The van der Waals surface area contributed by atoms with E-state index < -0.39 is 0 Å². The number of ether oxygens (including phenoxy) is 2. The average molecular weight is 287 g/mol. The zero-order valence-electron chi connectivity index (χ0n) is 11.5. The molecule has 1 saturated heterocycles. The van der Waals surface area contributed by atoms with Gasteiger partial charge in [0.15, 0.2) is 0 Å². The molecule has 6 nitrogen and oxygen atoms in total. The summed E-state index contributed by atoms with van der Waals surface area (Å²) in [4.78, 5) is 14.6. The summed E-state index contributed by atoms with van der Waals surface area (Å²) in [6.07, 6.45) is 2.20. The van der Waals surface area contributed by atoms with Crippen molar-refractivity contribution in [1.29, 1.82) is 0 Å². The van der Waals surface area contributed by atoms with Crippen LogP contribution in [0.25, 0.3) is 0 Å². The highest BCUT2D eigenvalue weighted by Crippen LogP contribution is 2.25. The highest BCUT2D eigenvalue weighted by Gasteiger charge is 2.27. The van der Waals surface area contributed by atoms with Crippen LogP contribution in [-0.2, 0) is 4.74 Å². The van der Waals surface area contributed by atoms with Crippen molar-refractivity contribution in [2.45, 2.75) is 38.8 Å². The third kappa shape index (κ3) is 3.45. The summed E-state index contributed by atoms with van der Waals surface area (Å²) >= 11 is 5.92. The zero-order valence-corrected chi connectivity index (χ0v) is 12.2. The lowest BCUT2D eigenvalue weighted by Crippen LogP contribution is -2.44. The van der Waals surface area contributed by atoms with Gasteiger partial charge in [-0.05, 0) is 38.3 Å². The quantitative estimate of drug-likeness (QED) is 0.843. The van der Waals surface area contributed by atoms with E-state index in [2.05, 4.69) is 26.8 Å². The summed E-state index contributed by atoms with van der Waals surface area (Å²) in [6, 6.07) is 0.574. The van der Waals surface area contributed by atoms with Crippen LogP contribution >= 0.6 is 11.6 Å². The van der Waals surface area contributed by atoms with Gasteiger partial charge in [-0.2, -0.15) is 15.0 Å². The third-order valence-electron chi connectivity index (χ3n) is 3.27. The molecule has 1 aromatic heterocycles. The minimum Gasteiger partial charge on any atom is -0.464 e. The van der Waals surface area contributed by atoms with Gasteiger partial charge in [0.25, 0.3) is 0 Å². The SMILES string of the molecule is CCOc1nc(Cl)nc(N2CCC(OC)CC2C)n1. The lowest BCUT2D eigenvalue weighted by atomic mass is 10.0. The van der Waals surface area contributed by atoms with Gasteiger partial charge >= 0.3 is 6.01 Å². The Balaban J connectivity index is 2.17. The van der Waals surface area contributed by atoms with Gasteiger partial charge in [0.05, 0.1) is 12.7 Å². The van der Waals surface area contributed by atoms with Crippen LogP contribution in [0, 0.1) is 0 Å². The molecule has 1 aromatic rings. The Hall–Kier alpha value is -1.14. The van der Waals surface area contributed by atoms with E-state index in [0.717, 1.165) is 19.4 Å². The van der Waals surface area contributed by atoms with Crippen LogP contribution in [-0.4, -0.2) is 47.4 Å². The molecule has 1 fully saturated rings. The molecule has 2 heterocycles. The first-order valence-corrected chi connectivity index (χ1v) is 6.85. The Labute approximate surface area is 118 Å². The van der Waals surface area contributed by atoms with E-state index in [0.29, 0.717) is 24.7 Å². The molecule has 0 amide bonds. The predicted octanol–water partition coefficient (Wildman–Crippen LogP) is 1.93. The molecule has 0 spiro atoms. The highest BCUT2D eigenvalue weighted by atomic mass is 35.5. The molecule has 0 bridgehead atoms. The minimum atomic E-state index is 0.162. The first kappa shape index (κ1) is 14.3. The van der Waals surface area contributed by atoms with Crippen LogP contribution in [0.2, 0.25) is 5.28 Å². The fourth-order valence-electron chi connectivity index (χ4n) is 2.28. The van der Waals surface area contributed by atoms with Crippen LogP contribution in [0.1, 0.15) is 26.7 Å². The van der Waals surface area contributed by atoms with E-state index >= 15 is 0 Å². The van der Waals surface area contributed by atoms with E-state index in [1.165, 1.54) is 0 Å². The molecule has 7 heteroatoms. The lowest BCUT2D eigenvalue weighted by Gasteiger charge is -2.37. The first-order chi connectivity index (χ1) is 9.13. The smallest absolute Gasteiger partial charge is 0.322 e. The van der Waals surface area contributed by atoms with Crippen molar-refractivity contribution in [3.8, 4) is 6.01 Å². The molecule has 2 atom stereocenters.